The van der Waals surface area contributed by atoms with Crippen LogP contribution in [0.25, 0.3) is 0 Å². The van der Waals surface area contributed by atoms with Gasteiger partial charge in [0.1, 0.15) is 5.78 Å². The number of nitrogens with zero attached hydrogens (tertiary/aromatic N) is 4. The predicted octanol–water partition coefficient (Wildman–Crippen LogP) is 7.08. The molecule has 71 heavy (non-hydrogen) atoms. The molecule has 9 atom stereocenters. The number of hydrogen-bond acceptors (Lipinski definition) is 14. The summed E-state index contributed by atoms with van der Waals surface area (Å²) < 4.78 is 34.3. The van der Waals surface area contributed by atoms with E-state index in [2.05, 4.69) is 31.0 Å². The van der Waals surface area contributed by atoms with Crippen molar-refractivity contribution in [2.75, 3.05) is 94.3 Å². The Balaban J connectivity index is 1.61. The van der Waals surface area contributed by atoms with Gasteiger partial charge >= 0.3 is 5.97 Å². The first-order valence-corrected chi connectivity index (χ1v) is 26.7. The zero-order chi connectivity index (χ0) is 52.5. The van der Waals surface area contributed by atoms with Gasteiger partial charge in [-0.15, -0.1) is 11.3 Å². The molecule has 1 aliphatic rings. The molecule has 16 nitrogen and oxygen atoms in total. The molecule has 0 bridgehead atoms. The number of carbonyl (C=O) groups excluding carboxylic acids is 4. The molecule has 0 saturated carbocycles. The Morgan fingerprint density at radius 3 is 1.96 bits per heavy atom. The topological polar surface area (TPSA) is 184 Å². The molecular formula is C54H88N4O12S. The summed E-state index contributed by atoms with van der Waals surface area (Å²) in [5.74, 6) is -2.37. The second kappa shape index (κ2) is 33.2. The van der Waals surface area contributed by atoms with Crippen molar-refractivity contribution >= 4 is 40.7 Å². The second-order valence-electron chi connectivity index (χ2n) is 19.8. The average molecular weight is 1020 g/mol. The number of likely N-dealkylation sites (tertiary alicyclic amines) is 1. The van der Waals surface area contributed by atoms with Crippen molar-refractivity contribution in [1.29, 1.82) is 0 Å². The predicted molar refractivity (Wildman–Crippen MR) is 275 cm³/mol. The third-order valence-electron chi connectivity index (χ3n) is 14.1. The zero-order valence-electron chi connectivity index (χ0n) is 44.8. The van der Waals surface area contributed by atoms with E-state index in [1.807, 2.05) is 75.0 Å². The highest BCUT2D eigenvalue weighted by molar-refractivity contribution is 7.09. The van der Waals surface area contributed by atoms with E-state index >= 15 is 0 Å². The lowest BCUT2D eigenvalue weighted by atomic mass is 9.83. The summed E-state index contributed by atoms with van der Waals surface area (Å²) in [7, 11) is 6.90. The maximum Gasteiger partial charge on any atom is 0.305 e. The van der Waals surface area contributed by atoms with Crippen LogP contribution in [0.4, 0.5) is 0 Å². The summed E-state index contributed by atoms with van der Waals surface area (Å²) in [6.45, 7) is 17.9. The summed E-state index contributed by atoms with van der Waals surface area (Å²) in [4.78, 5) is 78.3. The third-order valence-corrected chi connectivity index (χ3v) is 15.0. The minimum atomic E-state index is -0.898. The number of thiazole rings is 1. The van der Waals surface area contributed by atoms with E-state index < -0.39 is 42.1 Å². The molecule has 0 unspecified atom stereocenters. The summed E-state index contributed by atoms with van der Waals surface area (Å²) in [5.41, 5.74) is 1.14. The van der Waals surface area contributed by atoms with E-state index in [-0.39, 0.29) is 79.0 Å². The summed E-state index contributed by atoms with van der Waals surface area (Å²) in [6.07, 6.45) is 3.99. The van der Waals surface area contributed by atoms with Crippen LogP contribution >= 0.6 is 11.3 Å². The normalized spacial score (nSPS) is 17.5. The highest BCUT2D eigenvalue weighted by atomic mass is 32.1. The minimum Gasteiger partial charge on any atom is -0.481 e. The molecular weight excluding hydrogens is 929 g/mol. The average Bonchev–Trinajstić information content (AvgIpc) is 4.07. The molecule has 0 radical (unpaired) electrons. The molecule has 1 fully saturated rings. The number of carboxylic acids is 1. The number of carbonyl (C=O) groups is 5. The van der Waals surface area contributed by atoms with Crippen molar-refractivity contribution in [2.24, 2.45) is 29.6 Å². The Kier molecular flexibility index (Phi) is 28.8. The first-order valence-electron chi connectivity index (χ1n) is 25.8. The number of methoxy groups -OCH3 is 2. The minimum absolute atomic E-state index is 0.00693. The highest BCUT2D eigenvalue weighted by Crippen LogP contribution is 2.34. The largest absolute Gasteiger partial charge is 0.481 e. The number of likely N-dealkylation sites (N-methyl/N-ethyl adjacent to an activating group) is 2. The van der Waals surface area contributed by atoms with E-state index in [1.54, 1.807) is 43.7 Å². The Morgan fingerprint density at radius 1 is 0.803 bits per heavy atom. The van der Waals surface area contributed by atoms with Crippen LogP contribution in [0.15, 0.2) is 41.9 Å². The SMILES string of the molecule is CC[C@H](C)[C@@H]([C@@H](CC(=O)N1CCC[C@H]1[C@H](OC)[C@@H](C)C(=O)C[C@@H](Cc1ccccc1)c1nccs1)OC)N(C)C(=O)[C@@H](CC(=O)[C@H](C(C)C)N(C)CCOCCOCCOCCOCCC(=O)O)C(C)C. The third kappa shape index (κ3) is 20.3. The van der Waals surface area contributed by atoms with Crippen LogP contribution in [-0.4, -0.2) is 179 Å². The number of amides is 2. The van der Waals surface area contributed by atoms with Crippen LogP contribution in [0.2, 0.25) is 0 Å². The Bertz CT molecular complexity index is 1840. The van der Waals surface area contributed by atoms with Crippen LogP contribution in [0, 0.1) is 29.6 Å². The number of aliphatic carboxylic acids is 1. The van der Waals surface area contributed by atoms with Gasteiger partial charge in [-0.25, -0.2) is 4.98 Å². The van der Waals surface area contributed by atoms with Gasteiger partial charge in [0.05, 0.1) is 101 Å². The number of benzene rings is 1. The summed E-state index contributed by atoms with van der Waals surface area (Å²) in [5, 5.41) is 11.5. The quantitative estimate of drug-likeness (QED) is 0.0674. The molecule has 2 amide bonds. The molecule has 0 spiro atoms. The van der Waals surface area contributed by atoms with Gasteiger partial charge in [-0.05, 0) is 49.6 Å². The maximum atomic E-state index is 14.7. The van der Waals surface area contributed by atoms with Crippen molar-refractivity contribution < 1.29 is 57.5 Å². The summed E-state index contributed by atoms with van der Waals surface area (Å²) in [6, 6.07) is 8.98. The van der Waals surface area contributed by atoms with E-state index in [4.69, 9.17) is 33.5 Å². The van der Waals surface area contributed by atoms with Crippen molar-refractivity contribution in [1.82, 2.24) is 19.7 Å². The molecule has 2 aromatic rings. The number of Topliss-reactive ketones (excluding diaryl/α,β-unsaturated/α-hetero) is 2. The van der Waals surface area contributed by atoms with E-state index in [1.165, 1.54) is 0 Å². The van der Waals surface area contributed by atoms with Gasteiger partial charge in [0.15, 0.2) is 5.78 Å². The number of carboxylic acid groups (broad SMARTS) is 1. The van der Waals surface area contributed by atoms with Crippen molar-refractivity contribution in [3.8, 4) is 0 Å². The van der Waals surface area contributed by atoms with Gasteiger partial charge in [-0.2, -0.15) is 0 Å². The van der Waals surface area contributed by atoms with Crippen LogP contribution in [0.5, 0.6) is 0 Å². The van der Waals surface area contributed by atoms with Gasteiger partial charge in [0.2, 0.25) is 11.8 Å². The first-order chi connectivity index (χ1) is 34.0. The van der Waals surface area contributed by atoms with Crippen LogP contribution in [-0.2, 0) is 58.8 Å². The summed E-state index contributed by atoms with van der Waals surface area (Å²) >= 11 is 1.56. The van der Waals surface area contributed by atoms with E-state index in [0.29, 0.717) is 78.6 Å². The zero-order valence-corrected chi connectivity index (χ0v) is 45.6. The standard InChI is InChI=1S/C54H88N4O12S/c1-12-39(6)51(57(9)54(64)43(37(2)3)35-46(60)50(38(4)5)56(8)23-25-68-27-29-70-31-30-69-28-26-67-24-20-49(62)63)47(65-10)36-48(61)58-22-16-19-44(58)52(66-11)40(7)45(59)34-42(53-55-21-32-71-53)33-41-17-14-13-15-18-41/h13-15,17-18,21,32,37-40,42-44,47,50-52H,12,16,19-20,22-31,33-36H2,1-11H3,(H,62,63)/t39-,40-,42+,43-,44-,47+,50-,51-,52+/m0/s1. The van der Waals surface area contributed by atoms with Gasteiger partial charge < -0.3 is 43.3 Å². The second-order valence-corrected chi connectivity index (χ2v) is 20.7. The molecule has 1 saturated heterocycles. The molecule has 3 rings (SSSR count). The molecule has 0 aliphatic carbocycles. The molecule has 1 aromatic carbocycles. The Morgan fingerprint density at radius 2 is 1.42 bits per heavy atom. The van der Waals surface area contributed by atoms with Crippen LogP contribution in [0.1, 0.15) is 110 Å². The van der Waals surface area contributed by atoms with Crippen molar-refractivity contribution in [2.45, 2.75) is 136 Å². The first kappa shape index (κ1) is 61.6. The van der Waals surface area contributed by atoms with Gasteiger partial charge in [-0.1, -0.05) is 85.2 Å². The molecule has 2 heterocycles. The van der Waals surface area contributed by atoms with E-state index in [9.17, 15) is 24.0 Å². The fourth-order valence-electron chi connectivity index (χ4n) is 9.95. The van der Waals surface area contributed by atoms with Gasteiger partial charge in [0.25, 0.3) is 0 Å². The van der Waals surface area contributed by atoms with Crippen molar-refractivity contribution in [3.63, 3.8) is 0 Å². The maximum absolute atomic E-state index is 14.7. The number of rotatable bonds is 38. The van der Waals surface area contributed by atoms with E-state index in [0.717, 1.165) is 23.4 Å². The molecule has 1 N–H and O–H groups in total. The van der Waals surface area contributed by atoms with Gasteiger partial charge in [0, 0.05) is 76.5 Å². The van der Waals surface area contributed by atoms with Gasteiger partial charge in [-0.3, -0.25) is 28.9 Å². The fourth-order valence-corrected chi connectivity index (χ4v) is 10.7. The van der Waals surface area contributed by atoms with Crippen LogP contribution in [0.3, 0.4) is 0 Å². The number of hydrogen-bond donors (Lipinski definition) is 1. The molecule has 402 valence electrons. The lowest BCUT2D eigenvalue weighted by Gasteiger charge is -2.41. The molecule has 17 heteroatoms. The number of ether oxygens (including phenoxy) is 6. The highest BCUT2D eigenvalue weighted by Gasteiger charge is 2.43. The Hall–Kier alpha value is -3.68. The van der Waals surface area contributed by atoms with Crippen molar-refractivity contribution in [3.05, 3.63) is 52.5 Å². The fraction of sp³-hybridized carbons (Fsp3) is 0.741. The monoisotopic (exact) mass is 1020 g/mol. The lowest BCUT2D eigenvalue weighted by Crippen LogP contribution is -2.54. The Labute approximate surface area is 428 Å². The number of ketones is 2. The number of aromatic nitrogens is 1. The lowest BCUT2D eigenvalue weighted by molar-refractivity contribution is -0.149. The molecule has 1 aliphatic heterocycles. The smallest absolute Gasteiger partial charge is 0.305 e. The van der Waals surface area contributed by atoms with Crippen LogP contribution < -0.4 is 0 Å². The molecule has 1 aromatic heterocycles.